The van der Waals surface area contributed by atoms with E-state index >= 15 is 0 Å². The molecule has 92 valence electrons. The first-order valence-corrected chi connectivity index (χ1v) is 5.70. The molecule has 0 aliphatic rings. The SMILES string of the molecule is CCCOc1cncc(C(=O)c2ccnnc2)c1. The lowest BCUT2D eigenvalue weighted by Crippen LogP contribution is -2.04. The third kappa shape index (κ3) is 2.88. The Bertz CT molecular complexity index is 529. The summed E-state index contributed by atoms with van der Waals surface area (Å²) in [4.78, 5) is 16.1. The number of carbonyl (C=O) groups is 1. The van der Waals surface area contributed by atoms with Crippen molar-refractivity contribution < 1.29 is 9.53 Å². The number of pyridine rings is 1. The highest BCUT2D eigenvalue weighted by Crippen LogP contribution is 2.14. The van der Waals surface area contributed by atoms with E-state index in [1.54, 1.807) is 18.3 Å². The van der Waals surface area contributed by atoms with E-state index in [-0.39, 0.29) is 5.78 Å². The molecule has 0 amide bonds. The van der Waals surface area contributed by atoms with Gasteiger partial charge in [0.1, 0.15) is 5.75 Å². The summed E-state index contributed by atoms with van der Waals surface area (Å²) in [6, 6.07) is 3.31. The summed E-state index contributed by atoms with van der Waals surface area (Å²) in [6.45, 7) is 2.63. The first-order valence-electron chi connectivity index (χ1n) is 5.70. The molecular formula is C13H13N3O2. The van der Waals surface area contributed by atoms with E-state index in [2.05, 4.69) is 15.2 Å². The molecule has 2 aromatic heterocycles. The molecule has 0 aliphatic carbocycles. The van der Waals surface area contributed by atoms with E-state index < -0.39 is 0 Å². The number of carbonyl (C=O) groups excluding carboxylic acids is 1. The van der Waals surface area contributed by atoms with Crippen molar-refractivity contribution in [3.8, 4) is 5.75 Å². The van der Waals surface area contributed by atoms with Crippen LogP contribution < -0.4 is 4.74 Å². The van der Waals surface area contributed by atoms with Crippen molar-refractivity contribution in [1.82, 2.24) is 15.2 Å². The van der Waals surface area contributed by atoms with Gasteiger partial charge in [0.2, 0.25) is 0 Å². The van der Waals surface area contributed by atoms with Gasteiger partial charge in [-0.2, -0.15) is 10.2 Å². The number of hydrogen-bond donors (Lipinski definition) is 0. The quantitative estimate of drug-likeness (QED) is 0.750. The van der Waals surface area contributed by atoms with Crippen molar-refractivity contribution >= 4 is 5.78 Å². The fourth-order valence-corrected chi connectivity index (χ4v) is 1.43. The topological polar surface area (TPSA) is 65.0 Å². The summed E-state index contributed by atoms with van der Waals surface area (Å²) in [6.07, 6.45) is 6.94. The Morgan fingerprint density at radius 2 is 2.11 bits per heavy atom. The van der Waals surface area contributed by atoms with E-state index in [0.29, 0.717) is 23.5 Å². The summed E-state index contributed by atoms with van der Waals surface area (Å²) in [5.41, 5.74) is 0.969. The zero-order valence-electron chi connectivity index (χ0n) is 10.0. The van der Waals surface area contributed by atoms with E-state index in [0.717, 1.165) is 6.42 Å². The first-order chi connectivity index (χ1) is 8.81. The second kappa shape index (κ2) is 5.86. The minimum Gasteiger partial charge on any atom is -0.492 e. The van der Waals surface area contributed by atoms with Crippen LogP contribution in [-0.4, -0.2) is 27.6 Å². The smallest absolute Gasteiger partial charge is 0.196 e. The van der Waals surface area contributed by atoms with Crippen molar-refractivity contribution in [3.05, 3.63) is 48.0 Å². The Morgan fingerprint density at radius 3 is 2.83 bits per heavy atom. The molecule has 2 rings (SSSR count). The van der Waals surface area contributed by atoms with Gasteiger partial charge in [0.25, 0.3) is 0 Å². The Labute approximate surface area is 105 Å². The number of hydrogen-bond acceptors (Lipinski definition) is 5. The Hall–Kier alpha value is -2.30. The van der Waals surface area contributed by atoms with Crippen LogP contribution in [0.4, 0.5) is 0 Å². The van der Waals surface area contributed by atoms with Crippen LogP contribution >= 0.6 is 0 Å². The summed E-state index contributed by atoms with van der Waals surface area (Å²) in [5, 5.41) is 7.32. The Kier molecular flexibility index (Phi) is 3.96. The van der Waals surface area contributed by atoms with Gasteiger partial charge >= 0.3 is 0 Å². The fraction of sp³-hybridized carbons (Fsp3) is 0.231. The van der Waals surface area contributed by atoms with E-state index in [4.69, 9.17) is 4.74 Å². The molecule has 5 nitrogen and oxygen atoms in total. The van der Waals surface area contributed by atoms with Crippen molar-refractivity contribution in [2.45, 2.75) is 13.3 Å². The van der Waals surface area contributed by atoms with E-state index in [9.17, 15) is 4.79 Å². The second-order valence-electron chi connectivity index (χ2n) is 3.72. The third-order valence-corrected chi connectivity index (χ3v) is 2.29. The average Bonchev–Trinajstić information content (AvgIpc) is 2.45. The molecule has 2 aromatic rings. The van der Waals surface area contributed by atoms with Gasteiger partial charge in [-0.05, 0) is 18.6 Å². The van der Waals surface area contributed by atoms with Crippen LogP contribution in [0.25, 0.3) is 0 Å². The minimum absolute atomic E-state index is 0.139. The normalized spacial score (nSPS) is 10.1. The molecule has 2 heterocycles. The molecule has 0 aromatic carbocycles. The lowest BCUT2D eigenvalue weighted by molar-refractivity contribution is 0.103. The molecular weight excluding hydrogens is 230 g/mol. The molecule has 0 bridgehead atoms. The predicted octanol–water partition coefficient (Wildman–Crippen LogP) is 1.89. The molecule has 0 aliphatic heterocycles. The number of rotatable bonds is 5. The maximum Gasteiger partial charge on any atom is 0.196 e. The Morgan fingerprint density at radius 1 is 1.22 bits per heavy atom. The lowest BCUT2D eigenvalue weighted by atomic mass is 10.1. The van der Waals surface area contributed by atoms with Gasteiger partial charge in [-0.15, -0.1) is 0 Å². The Balaban J connectivity index is 2.20. The van der Waals surface area contributed by atoms with Crippen LogP contribution in [0.1, 0.15) is 29.3 Å². The third-order valence-electron chi connectivity index (χ3n) is 2.29. The monoisotopic (exact) mass is 243 g/mol. The molecule has 0 saturated heterocycles. The van der Waals surface area contributed by atoms with Crippen LogP contribution in [0.5, 0.6) is 5.75 Å². The summed E-state index contributed by atoms with van der Waals surface area (Å²) < 4.78 is 5.44. The fourth-order valence-electron chi connectivity index (χ4n) is 1.43. The van der Waals surface area contributed by atoms with Crippen molar-refractivity contribution in [2.24, 2.45) is 0 Å². The number of ketones is 1. The standard InChI is InChI=1S/C13H13N3O2/c1-2-5-18-12-6-11(7-14-9-12)13(17)10-3-4-15-16-8-10/h3-4,6-9H,2,5H2,1H3. The lowest BCUT2D eigenvalue weighted by Gasteiger charge is -2.05. The molecule has 0 unspecified atom stereocenters. The van der Waals surface area contributed by atoms with Crippen molar-refractivity contribution in [2.75, 3.05) is 6.61 Å². The van der Waals surface area contributed by atoms with Crippen LogP contribution in [-0.2, 0) is 0 Å². The van der Waals surface area contributed by atoms with Gasteiger partial charge in [-0.25, -0.2) is 0 Å². The van der Waals surface area contributed by atoms with Crippen LogP contribution in [0.3, 0.4) is 0 Å². The number of nitrogens with zero attached hydrogens (tertiary/aromatic N) is 3. The molecule has 0 atom stereocenters. The van der Waals surface area contributed by atoms with Gasteiger partial charge in [-0.3, -0.25) is 9.78 Å². The van der Waals surface area contributed by atoms with Gasteiger partial charge in [0.15, 0.2) is 5.78 Å². The molecule has 0 saturated carbocycles. The van der Waals surface area contributed by atoms with E-state index in [1.807, 2.05) is 6.92 Å². The van der Waals surface area contributed by atoms with Gasteiger partial charge in [0, 0.05) is 17.3 Å². The molecule has 18 heavy (non-hydrogen) atoms. The summed E-state index contributed by atoms with van der Waals surface area (Å²) >= 11 is 0. The molecule has 0 radical (unpaired) electrons. The maximum atomic E-state index is 12.1. The second-order valence-corrected chi connectivity index (χ2v) is 3.72. The highest BCUT2D eigenvalue weighted by molar-refractivity contribution is 6.08. The van der Waals surface area contributed by atoms with Gasteiger partial charge in [-0.1, -0.05) is 6.92 Å². The van der Waals surface area contributed by atoms with Crippen LogP contribution in [0, 0.1) is 0 Å². The predicted molar refractivity (Wildman–Crippen MR) is 65.5 cm³/mol. The maximum absolute atomic E-state index is 12.1. The van der Waals surface area contributed by atoms with Crippen LogP contribution in [0.2, 0.25) is 0 Å². The summed E-state index contributed by atoms with van der Waals surface area (Å²) in [5.74, 6) is 0.462. The first kappa shape index (κ1) is 12.2. The highest BCUT2D eigenvalue weighted by atomic mass is 16.5. The molecule has 0 N–H and O–H groups in total. The molecule has 0 fully saturated rings. The average molecular weight is 243 g/mol. The van der Waals surface area contributed by atoms with Gasteiger partial charge < -0.3 is 4.74 Å². The minimum atomic E-state index is -0.139. The highest BCUT2D eigenvalue weighted by Gasteiger charge is 2.10. The summed E-state index contributed by atoms with van der Waals surface area (Å²) in [7, 11) is 0. The number of aromatic nitrogens is 3. The zero-order valence-corrected chi connectivity index (χ0v) is 10.0. The van der Waals surface area contributed by atoms with Crippen LogP contribution in [0.15, 0.2) is 36.9 Å². The molecule has 5 heteroatoms. The zero-order chi connectivity index (χ0) is 12.8. The molecule has 0 spiro atoms. The largest absolute Gasteiger partial charge is 0.492 e. The van der Waals surface area contributed by atoms with Crippen molar-refractivity contribution in [3.63, 3.8) is 0 Å². The van der Waals surface area contributed by atoms with Gasteiger partial charge in [0.05, 0.1) is 25.2 Å². The van der Waals surface area contributed by atoms with Crippen molar-refractivity contribution in [1.29, 1.82) is 0 Å². The van der Waals surface area contributed by atoms with E-state index in [1.165, 1.54) is 18.6 Å². The number of ether oxygens (including phenoxy) is 1.